The van der Waals surface area contributed by atoms with E-state index in [1.807, 2.05) is 27.7 Å². The number of carbonyl (C=O) groups is 2. The van der Waals surface area contributed by atoms with Crippen molar-refractivity contribution >= 4 is 20.4 Å². The maximum absolute atomic E-state index is 12.9. The second-order valence-corrected chi connectivity index (χ2v) is 15.1. The summed E-state index contributed by atoms with van der Waals surface area (Å²) < 4.78 is 17.2. The van der Waals surface area contributed by atoms with Crippen LogP contribution in [0.5, 0.6) is 0 Å². The molecule has 2 bridgehead atoms. The number of amides is 1. The fourth-order valence-corrected chi connectivity index (χ4v) is 5.11. The summed E-state index contributed by atoms with van der Waals surface area (Å²) in [6, 6.07) is -0.408. The Morgan fingerprint density at radius 1 is 1.07 bits per heavy atom. The van der Waals surface area contributed by atoms with Gasteiger partial charge in [0.05, 0.1) is 25.0 Å². The van der Waals surface area contributed by atoms with Gasteiger partial charge >= 0.3 is 12.1 Å². The summed E-state index contributed by atoms with van der Waals surface area (Å²) in [5.41, 5.74) is 0.301. The zero-order valence-electron chi connectivity index (χ0n) is 19.1. The number of hydrogen-bond donors (Lipinski definition) is 0. The first-order chi connectivity index (χ1) is 12.6. The van der Waals surface area contributed by atoms with E-state index in [-0.39, 0.29) is 29.2 Å². The van der Waals surface area contributed by atoms with E-state index in [0.717, 1.165) is 24.2 Å². The van der Waals surface area contributed by atoms with Crippen LogP contribution < -0.4 is 0 Å². The van der Waals surface area contributed by atoms with Crippen LogP contribution in [0.4, 0.5) is 4.79 Å². The molecule has 2 aliphatic rings. The highest BCUT2D eigenvalue weighted by molar-refractivity contribution is 6.74. The van der Waals surface area contributed by atoms with Crippen molar-refractivity contribution in [2.24, 2.45) is 5.92 Å². The third kappa shape index (κ3) is 4.24. The Bertz CT molecular complexity index is 671. The molecule has 0 aromatic heterocycles. The van der Waals surface area contributed by atoms with Crippen LogP contribution in [0.2, 0.25) is 18.1 Å². The molecular weight excluding hydrogens is 374 g/mol. The molecule has 7 heteroatoms. The average Bonchev–Trinajstić information content (AvgIpc) is 3.06. The summed E-state index contributed by atoms with van der Waals surface area (Å²) in [5, 5.41) is 0.0397. The molecule has 0 aliphatic carbocycles. The predicted octanol–water partition coefficient (Wildman–Crippen LogP) is 4.85. The number of allylic oxidation sites excluding steroid dienone is 1. The lowest BCUT2D eigenvalue weighted by Gasteiger charge is -2.38. The van der Waals surface area contributed by atoms with Gasteiger partial charge in [0.1, 0.15) is 11.5 Å². The van der Waals surface area contributed by atoms with Gasteiger partial charge in [0.15, 0.2) is 0 Å². The molecule has 6 nitrogen and oxygen atoms in total. The van der Waals surface area contributed by atoms with Crippen molar-refractivity contribution in [2.75, 3.05) is 7.11 Å². The molecule has 0 aromatic carbocycles. The second kappa shape index (κ2) is 7.39. The van der Waals surface area contributed by atoms with Crippen LogP contribution in [-0.4, -0.2) is 50.1 Å². The molecule has 0 N–H and O–H groups in total. The first-order valence-electron chi connectivity index (χ1n) is 10.1. The fourth-order valence-electron chi connectivity index (χ4n) is 3.92. The van der Waals surface area contributed by atoms with Crippen LogP contribution in [0.3, 0.4) is 0 Å². The summed E-state index contributed by atoms with van der Waals surface area (Å²) in [7, 11) is -0.673. The van der Waals surface area contributed by atoms with E-state index in [9.17, 15) is 9.59 Å². The SMILES string of the molecule is COC(=O)[C@H]1/C(=C(\C)O[Si](C)(C)C(C)(C)C)[C@@H]2CC[C@H]1N2C(=O)OC(C)(C)C. The van der Waals surface area contributed by atoms with Crippen LogP contribution in [-0.2, 0) is 18.7 Å². The number of ether oxygens (including phenoxy) is 2. The molecule has 2 aliphatic heterocycles. The summed E-state index contributed by atoms with van der Waals surface area (Å²) in [6.45, 7) is 18.4. The first kappa shape index (κ1) is 22.8. The van der Waals surface area contributed by atoms with Crippen molar-refractivity contribution in [3.05, 3.63) is 11.3 Å². The fraction of sp³-hybridized carbons (Fsp3) is 0.810. The highest BCUT2D eigenvalue weighted by Gasteiger charge is 2.57. The number of methoxy groups -OCH3 is 1. The number of carbonyl (C=O) groups excluding carboxylic acids is 2. The topological polar surface area (TPSA) is 65.1 Å². The van der Waals surface area contributed by atoms with Crippen molar-refractivity contribution in [2.45, 2.75) is 97.1 Å². The van der Waals surface area contributed by atoms with E-state index in [1.54, 1.807) is 4.90 Å². The van der Waals surface area contributed by atoms with E-state index >= 15 is 0 Å². The zero-order valence-corrected chi connectivity index (χ0v) is 20.1. The van der Waals surface area contributed by atoms with Crippen LogP contribution in [0, 0.1) is 5.92 Å². The van der Waals surface area contributed by atoms with Crippen LogP contribution in [0.25, 0.3) is 0 Å². The van der Waals surface area contributed by atoms with E-state index in [0.29, 0.717) is 0 Å². The van der Waals surface area contributed by atoms with Crippen LogP contribution in [0.1, 0.15) is 61.3 Å². The van der Waals surface area contributed by atoms with E-state index in [4.69, 9.17) is 13.9 Å². The van der Waals surface area contributed by atoms with Crippen LogP contribution in [0.15, 0.2) is 11.3 Å². The number of nitrogens with zero attached hydrogens (tertiary/aromatic N) is 1. The molecule has 2 saturated heterocycles. The third-order valence-electron chi connectivity index (χ3n) is 6.19. The standard InChI is InChI=1S/C21H37NO5Si/c1-13(27-28(9,10)21(5,6)7)16-14-11-12-15(17(16)18(23)25-8)22(14)19(24)26-20(2,3)4/h14-15,17H,11-12H2,1-10H3/b16-13+/t14-,15+,17+/m0/s1. The van der Waals surface area contributed by atoms with Gasteiger partial charge in [0.2, 0.25) is 8.32 Å². The van der Waals surface area contributed by atoms with Gasteiger partial charge in [-0.25, -0.2) is 4.79 Å². The molecule has 2 heterocycles. The Hall–Kier alpha value is -1.50. The largest absolute Gasteiger partial charge is 0.547 e. The van der Waals surface area contributed by atoms with Crippen molar-refractivity contribution in [1.82, 2.24) is 4.90 Å². The smallest absolute Gasteiger partial charge is 0.411 e. The van der Waals surface area contributed by atoms with Gasteiger partial charge in [-0.3, -0.25) is 9.69 Å². The summed E-state index contributed by atoms with van der Waals surface area (Å²) >= 11 is 0. The zero-order chi connectivity index (χ0) is 21.7. The highest BCUT2D eigenvalue weighted by atomic mass is 28.4. The quantitative estimate of drug-likeness (QED) is 0.377. The Morgan fingerprint density at radius 3 is 2.11 bits per heavy atom. The van der Waals surface area contributed by atoms with E-state index in [1.165, 1.54) is 7.11 Å². The van der Waals surface area contributed by atoms with Crippen molar-refractivity contribution < 1.29 is 23.5 Å². The lowest BCUT2D eigenvalue weighted by molar-refractivity contribution is -0.145. The minimum absolute atomic E-state index is 0.0397. The van der Waals surface area contributed by atoms with Gasteiger partial charge in [-0.15, -0.1) is 0 Å². The molecule has 0 spiro atoms. The van der Waals surface area contributed by atoms with Gasteiger partial charge < -0.3 is 13.9 Å². The number of hydrogen-bond acceptors (Lipinski definition) is 5. The molecule has 3 atom stereocenters. The first-order valence-corrected chi connectivity index (χ1v) is 13.0. The van der Waals surface area contributed by atoms with Gasteiger partial charge in [0, 0.05) is 5.57 Å². The van der Waals surface area contributed by atoms with Crippen LogP contribution >= 0.6 is 0 Å². The minimum Gasteiger partial charge on any atom is -0.547 e. The van der Waals surface area contributed by atoms with Gasteiger partial charge in [0.25, 0.3) is 0 Å². The summed E-state index contributed by atoms with van der Waals surface area (Å²) in [5.74, 6) is -0.0299. The number of fused-ring (bicyclic) bond motifs is 2. The molecule has 0 saturated carbocycles. The second-order valence-electron chi connectivity index (χ2n) is 10.4. The molecule has 28 heavy (non-hydrogen) atoms. The van der Waals surface area contributed by atoms with Gasteiger partial charge in [-0.05, 0) is 58.7 Å². The normalized spacial score (nSPS) is 26.9. The monoisotopic (exact) mass is 411 g/mol. The average molecular weight is 412 g/mol. The summed E-state index contributed by atoms with van der Waals surface area (Å²) in [4.78, 5) is 27.3. The van der Waals surface area contributed by atoms with Crippen molar-refractivity contribution in [1.29, 1.82) is 0 Å². The molecular formula is C21H37NO5Si. The molecule has 2 fully saturated rings. The number of rotatable bonds is 3. The lowest BCUT2D eigenvalue weighted by Crippen LogP contribution is -2.41. The van der Waals surface area contributed by atoms with Gasteiger partial charge in [-0.1, -0.05) is 20.8 Å². The minimum atomic E-state index is -2.07. The lowest BCUT2D eigenvalue weighted by atomic mass is 9.83. The molecule has 0 radical (unpaired) electrons. The Morgan fingerprint density at radius 2 is 1.64 bits per heavy atom. The summed E-state index contributed by atoms with van der Waals surface area (Å²) in [6.07, 6.45) is 1.20. The van der Waals surface area contributed by atoms with E-state index < -0.39 is 19.8 Å². The van der Waals surface area contributed by atoms with Crippen molar-refractivity contribution in [3.8, 4) is 0 Å². The Kier molecular flexibility index (Phi) is 6.01. The molecule has 0 aromatic rings. The molecule has 0 unspecified atom stereocenters. The van der Waals surface area contributed by atoms with E-state index in [2.05, 4.69) is 33.9 Å². The molecule has 1 amide bonds. The Labute approximate surface area is 170 Å². The number of esters is 1. The maximum atomic E-state index is 12.9. The van der Waals surface area contributed by atoms with Gasteiger partial charge in [-0.2, -0.15) is 0 Å². The predicted molar refractivity (Wildman–Crippen MR) is 111 cm³/mol. The molecule has 2 rings (SSSR count). The maximum Gasteiger partial charge on any atom is 0.411 e. The highest BCUT2D eigenvalue weighted by Crippen LogP contribution is 2.49. The Balaban J connectivity index is 2.44. The third-order valence-corrected chi connectivity index (χ3v) is 10.6. The van der Waals surface area contributed by atoms with Crippen molar-refractivity contribution in [3.63, 3.8) is 0 Å². The molecule has 160 valence electrons.